The number of aliphatic hydroxyl groups is 5. The first-order valence-corrected chi connectivity index (χ1v) is 34.2. The third kappa shape index (κ3) is 48.3. The summed E-state index contributed by atoms with van der Waals surface area (Å²) in [6.07, 6.45) is 70.5. The predicted molar refractivity (Wildman–Crippen MR) is 343 cm³/mol. The van der Waals surface area contributed by atoms with Gasteiger partial charge in [-0.05, 0) is 109 Å². The second-order valence-electron chi connectivity index (χ2n) is 23.5. The second-order valence-corrected chi connectivity index (χ2v) is 23.5. The average molecular weight is 1150 g/mol. The molecule has 0 spiro atoms. The lowest BCUT2D eigenvalue weighted by Gasteiger charge is -2.40. The van der Waals surface area contributed by atoms with Crippen LogP contribution in [0.1, 0.15) is 303 Å². The molecular weight excluding hydrogens is 1030 g/mol. The number of ether oxygens (including phenoxy) is 3. The molecule has 0 radical (unpaired) electrons. The van der Waals surface area contributed by atoms with Crippen molar-refractivity contribution >= 4 is 11.9 Å². The summed E-state index contributed by atoms with van der Waals surface area (Å²) in [7, 11) is 0. The third-order valence-electron chi connectivity index (χ3n) is 15.8. The van der Waals surface area contributed by atoms with Crippen LogP contribution in [0.4, 0.5) is 0 Å². The number of esters is 1. The van der Waals surface area contributed by atoms with Crippen LogP contribution in [0.25, 0.3) is 0 Å². The van der Waals surface area contributed by atoms with Gasteiger partial charge < -0.3 is 45.1 Å². The quantitative estimate of drug-likeness (QED) is 0.0195. The molecule has 0 aromatic rings. The van der Waals surface area contributed by atoms with E-state index in [4.69, 9.17) is 14.2 Å². The Bertz CT molecular complexity index is 1590. The van der Waals surface area contributed by atoms with Crippen molar-refractivity contribution in [1.82, 2.24) is 5.32 Å². The number of carbonyl (C=O) groups excluding carboxylic acids is 2. The molecule has 0 saturated carbocycles. The van der Waals surface area contributed by atoms with Crippen molar-refractivity contribution in [3.05, 3.63) is 72.9 Å². The molecule has 0 aromatic heterocycles. The van der Waals surface area contributed by atoms with Crippen LogP contribution in [0, 0.1) is 0 Å². The topological polar surface area (TPSA) is 175 Å². The Balaban J connectivity index is 1.95. The molecule has 1 amide bonds. The van der Waals surface area contributed by atoms with Crippen LogP contribution in [0.2, 0.25) is 0 Å². The van der Waals surface area contributed by atoms with E-state index in [0.29, 0.717) is 19.4 Å². The Morgan fingerprint density at radius 2 is 0.829 bits per heavy atom. The molecule has 82 heavy (non-hydrogen) atoms. The second kappa shape index (κ2) is 59.8. The number of aliphatic hydroxyl groups excluding tert-OH is 5. The van der Waals surface area contributed by atoms with Crippen LogP contribution in [0.5, 0.6) is 0 Å². The molecule has 0 aromatic carbocycles. The lowest BCUT2D eigenvalue weighted by molar-refractivity contribution is -0.302. The van der Waals surface area contributed by atoms with E-state index in [1.54, 1.807) is 6.08 Å². The van der Waals surface area contributed by atoms with Crippen LogP contribution < -0.4 is 5.32 Å². The number of hydrogen-bond donors (Lipinski definition) is 6. The Kier molecular flexibility index (Phi) is 56.2. The van der Waals surface area contributed by atoms with Gasteiger partial charge in [-0.15, -0.1) is 0 Å². The molecule has 7 unspecified atom stereocenters. The number of amides is 1. The molecule has 1 heterocycles. The lowest BCUT2D eigenvalue weighted by Crippen LogP contribution is -2.60. The van der Waals surface area contributed by atoms with Crippen molar-refractivity contribution < 1.29 is 49.3 Å². The molecule has 476 valence electrons. The molecule has 11 heteroatoms. The number of allylic oxidation sites excluding steroid dienone is 11. The fourth-order valence-corrected chi connectivity index (χ4v) is 10.3. The maximum atomic E-state index is 13.0. The Morgan fingerprint density at radius 1 is 0.451 bits per heavy atom. The first-order valence-electron chi connectivity index (χ1n) is 34.2. The average Bonchev–Trinajstić information content (AvgIpc) is 3.48. The normalized spacial score (nSPS) is 18.6. The van der Waals surface area contributed by atoms with Gasteiger partial charge >= 0.3 is 5.97 Å². The molecule has 0 bridgehead atoms. The fraction of sp³-hybridized carbons (Fsp3) is 0.803. The van der Waals surface area contributed by atoms with E-state index >= 15 is 0 Å². The largest absolute Gasteiger partial charge is 0.466 e. The first-order chi connectivity index (χ1) is 40.2. The van der Waals surface area contributed by atoms with Gasteiger partial charge in [-0.25, -0.2) is 0 Å². The van der Waals surface area contributed by atoms with Crippen molar-refractivity contribution in [3.63, 3.8) is 0 Å². The zero-order chi connectivity index (χ0) is 59.5. The number of carbonyl (C=O) groups is 2. The minimum Gasteiger partial charge on any atom is -0.466 e. The summed E-state index contributed by atoms with van der Waals surface area (Å²) >= 11 is 0. The van der Waals surface area contributed by atoms with Gasteiger partial charge in [0.15, 0.2) is 6.29 Å². The Labute approximate surface area is 502 Å². The highest BCUT2D eigenvalue weighted by molar-refractivity contribution is 5.76. The van der Waals surface area contributed by atoms with E-state index in [1.165, 1.54) is 199 Å². The van der Waals surface area contributed by atoms with E-state index in [0.717, 1.165) is 77.0 Å². The Morgan fingerprint density at radius 3 is 1.30 bits per heavy atom. The van der Waals surface area contributed by atoms with Crippen LogP contribution in [0.3, 0.4) is 0 Å². The lowest BCUT2D eigenvalue weighted by atomic mass is 9.99. The molecule has 1 fully saturated rings. The summed E-state index contributed by atoms with van der Waals surface area (Å²) in [5.41, 5.74) is 0. The van der Waals surface area contributed by atoms with Gasteiger partial charge in [-0.1, -0.05) is 254 Å². The monoisotopic (exact) mass is 1150 g/mol. The van der Waals surface area contributed by atoms with E-state index in [1.807, 2.05) is 6.08 Å². The fourth-order valence-electron chi connectivity index (χ4n) is 10.3. The molecule has 1 aliphatic heterocycles. The zero-order valence-electron chi connectivity index (χ0n) is 52.7. The minimum absolute atomic E-state index is 0.0111. The van der Waals surface area contributed by atoms with Crippen molar-refractivity contribution in [3.8, 4) is 0 Å². The molecule has 1 aliphatic rings. The molecule has 6 N–H and O–H groups in total. The first kappa shape index (κ1) is 77.1. The standard InChI is InChI=1S/C71H127NO10/c1-3-5-7-9-11-13-14-15-16-33-36-39-43-47-51-55-59-67(76)80-60-56-52-48-44-40-37-34-31-29-27-25-23-21-19-17-18-20-22-24-26-28-30-32-35-38-42-46-50-54-58-66(75)72-63(64(74)57-53-49-45-41-12-10-8-6-4-2)62-81-71-70(79)69(78)68(77)65(61-73)82-71/h12-14,16-17,19,23,25,33,41,53,57,63-65,68-71,73-74,77-79H,3-11,15,18,20-22,24,26-32,34-40,42-52,54-56,58-62H2,1-2H3,(H,72,75)/b14-13-,19-17-,25-23-,33-16-,41-12+,57-53+. The maximum Gasteiger partial charge on any atom is 0.305 e. The molecule has 11 nitrogen and oxygen atoms in total. The van der Waals surface area contributed by atoms with Gasteiger partial charge in [0.1, 0.15) is 24.4 Å². The highest BCUT2D eigenvalue weighted by Crippen LogP contribution is 2.23. The number of nitrogens with one attached hydrogen (secondary N) is 1. The molecule has 1 saturated heterocycles. The molecular formula is C71H127NO10. The van der Waals surface area contributed by atoms with Crippen molar-refractivity contribution in [1.29, 1.82) is 0 Å². The van der Waals surface area contributed by atoms with Gasteiger partial charge in [0.25, 0.3) is 0 Å². The van der Waals surface area contributed by atoms with Crippen molar-refractivity contribution in [2.45, 2.75) is 346 Å². The van der Waals surface area contributed by atoms with Gasteiger partial charge in [-0.3, -0.25) is 9.59 Å². The number of unbranched alkanes of at least 4 members (excludes halogenated alkanes) is 35. The summed E-state index contributed by atoms with van der Waals surface area (Å²) in [5, 5.41) is 54.2. The maximum absolute atomic E-state index is 13.0. The van der Waals surface area contributed by atoms with Crippen LogP contribution >= 0.6 is 0 Å². The summed E-state index contributed by atoms with van der Waals surface area (Å²) in [5.74, 6) is -0.207. The van der Waals surface area contributed by atoms with Crippen LogP contribution in [0.15, 0.2) is 72.9 Å². The third-order valence-corrected chi connectivity index (χ3v) is 15.8. The molecule has 1 rings (SSSR count). The molecule has 7 atom stereocenters. The summed E-state index contributed by atoms with van der Waals surface area (Å²) < 4.78 is 16.7. The van der Waals surface area contributed by atoms with E-state index < -0.39 is 49.5 Å². The number of rotatable bonds is 59. The van der Waals surface area contributed by atoms with Crippen molar-refractivity contribution in [2.24, 2.45) is 0 Å². The SMILES string of the molecule is CCCCC/C=C/CC/C=C/C(O)C(COC1OC(CO)C(O)C(O)C1O)NC(=O)CCCCCCCCCCCCCCC/C=C\C/C=C\CCCCCCCCCCCOC(=O)CCCCCCC/C=C\C/C=C\CCCCCC. The predicted octanol–water partition coefficient (Wildman–Crippen LogP) is 17.1. The highest BCUT2D eigenvalue weighted by atomic mass is 16.7. The van der Waals surface area contributed by atoms with Gasteiger partial charge in [0.05, 0.1) is 32.0 Å². The van der Waals surface area contributed by atoms with Crippen LogP contribution in [-0.2, 0) is 23.8 Å². The summed E-state index contributed by atoms with van der Waals surface area (Å²) in [4.78, 5) is 25.1. The van der Waals surface area contributed by atoms with Gasteiger partial charge in [0, 0.05) is 12.8 Å². The van der Waals surface area contributed by atoms with Gasteiger partial charge in [0.2, 0.25) is 5.91 Å². The van der Waals surface area contributed by atoms with Gasteiger partial charge in [-0.2, -0.15) is 0 Å². The Hall–Kier alpha value is -2.90. The summed E-state index contributed by atoms with van der Waals surface area (Å²) in [6, 6.07) is -0.828. The number of hydrogen-bond acceptors (Lipinski definition) is 10. The smallest absolute Gasteiger partial charge is 0.305 e. The highest BCUT2D eigenvalue weighted by Gasteiger charge is 2.44. The van der Waals surface area contributed by atoms with Crippen molar-refractivity contribution in [2.75, 3.05) is 19.8 Å². The van der Waals surface area contributed by atoms with Crippen LogP contribution in [-0.4, -0.2) is 100 Å². The minimum atomic E-state index is -1.58. The zero-order valence-corrected chi connectivity index (χ0v) is 52.7. The molecule has 0 aliphatic carbocycles. The van der Waals surface area contributed by atoms with E-state index in [9.17, 15) is 35.1 Å². The van der Waals surface area contributed by atoms with E-state index in [2.05, 4.69) is 79.9 Å². The summed E-state index contributed by atoms with van der Waals surface area (Å²) in [6.45, 7) is 4.26. The van der Waals surface area contributed by atoms with E-state index in [-0.39, 0.29) is 18.5 Å².